The Labute approximate surface area is 78.0 Å². The second-order valence-corrected chi connectivity index (χ2v) is 2.57. The second kappa shape index (κ2) is 3.61. The lowest BCUT2D eigenvalue weighted by atomic mass is 10.1. The van der Waals surface area contributed by atoms with E-state index in [-0.39, 0.29) is 11.3 Å². The van der Waals surface area contributed by atoms with Crippen molar-refractivity contribution in [2.75, 3.05) is 0 Å². The zero-order valence-corrected chi connectivity index (χ0v) is 7.01. The van der Waals surface area contributed by atoms with Gasteiger partial charge in [0, 0.05) is 5.56 Å². The highest BCUT2D eigenvalue weighted by atomic mass is 19.4. The van der Waals surface area contributed by atoms with Gasteiger partial charge in [-0.2, -0.15) is 13.2 Å². The molecule has 5 heteroatoms. The van der Waals surface area contributed by atoms with Gasteiger partial charge < -0.3 is 0 Å². The van der Waals surface area contributed by atoms with Crippen LogP contribution in [0.1, 0.15) is 11.1 Å². The molecule has 0 atom stereocenters. The van der Waals surface area contributed by atoms with Crippen LogP contribution in [-0.2, 0) is 6.18 Å². The molecule has 0 bridgehead atoms. The minimum absolute atomic E-state index is 0.255. The van der Waals surface area contributed by atoms with Crippen LogP contribution in [0, 0.1) is 4.91 Å². The molecule has 0 saturated heterocycles. The first-order valence-electron chi connectivity index (χ1n) is 3.66. The van der Waals surface area contributed by atoms with Gasteiger partial charge >= 0.3 is 6.18 Å². The van der Waals surface area contributed by atoms with Crippen molar-refractivity contribution in [1.29, 1.82) is 0 Å². The number of hydrogen-bond donors (Lipinski definition) is 0. The quantitative estimate of drug-likeness (QED) is 0.670. The van der Waals surface area contributed by atoms with Crippen LogP contribution in [0.5, 0.6) is 0 Å². The van der Waals surface area contributed by atoms with Gasteiger partial charge in [-0.1, -0.05) is 18.7 Å². The molecule has 2 nitrogen and oxygen atoms in total. The van der Waals surface area contributed by atoms with Gasteiger partial charge in [-0.25, -0.2) is 0 Å². The second-order valence-electron chi connectivity index (χ2n) is 2.57. The zero-order valence-electron chi connectivity index (χ0n) is 7.01. The molecule has 0 aliphatic carbocycles. The van der Waals surface area contributed by atoms with Crippen LogP contribution in [0.25, 0.3) is 6.08 Å². The third-order valence-corrected chi connectivity index (χ3v) is 1.68. The SMILES string of the molecule is C=Cc1ccc(C(F)(F)F)cc1N=O. The third-order valence-electron chi connectivity index (χ3n) is 1.68. The molecular weight excluding hydrogens is 195 g/mol. The van der Waals surface area contributed by atoms with Crippen molar-refractivity contribution in [1.82, 2.24) is 0 Å². The Balaban J connectivity index is 3.27. The summed E-state index contributed by atoms with van der Waals surface area (Å²) in [4.78, 5) is 10.2. The molecule has 1 rings (SSSR count). The number of rotatable bonds is 2. The molecule has 0 radical (unpaired) electrons. The molecule has 0 aromatic heterocycles. The lowest BCUT2D eigenvalue weighted by molar-refractivity contribution is -0.137. The van der Waals surface area contributed by atoms with Gasteiger partial charge in [0.05, 0.1) is 5.56 Å². The Hall–Kier alpha value is -1.65. The predicted octanol–water partition coefficient (Wildman–Crippen LogP) is 3.75. The Morgan fingerprint density at radius 1 is 1.36 bits per heavy atom. The van der Waals surface area contributed by atoms with Gasteiger partial charge in [-0.05, 0) is 17.3 Å². The minimum atomic E-state index is -4.46. The molecule has 0 amide bonds. The van der Waals surface area contributed by atoms with Crippen LogP contribution >= 0.6 is 0 Å². The summed E-state index contributed by atoms with van der Waals surface area (Å²) in [6, 6.07) is 2.74. The number of halogens is 3. The van der Waals surface area contributed by atoms with E-state index < -0.39 is 11.7 Å². The van der Waals surface area contributed by atoms with Crippen LogP contribution in [-0.4, -0.2) is 0 Å². The average molecular weight is 201 g/mol. The number of nitroso groups, excluding NO2 is 1. The first-order valence-corrected chi connectivity index (χ1v) is 3.66. The van der Waals surface area contributed by atoms with Crippen LogP contribution in [0.3, 0.4) is 0 Å². The molecular formula is C9H6F3NO. The van der Waals surface area contributed by atoms with E-state index in [1.165, 1.54) is 6.08 Å². The Morgan fingerprint density at radius 2 is 2.00 bits per heavy atom. The van der Waals surface area contributed by atoms with E-state index in [2.05, 4.69) is 11.8 Å². The van der Waals surface area contributed by atoms with Crippen molar-refractivity contribution in [3.05, 3.63) is 40.8 Å². The molecule has 1 aromatic rings. The van der Waals surface area contributed by atoms with E-state index in [1.807, 2.05) is 0 Å². The number of alkyl halides is 3. The molecule has 0 fully saturated rings. The van der Waals surface area contributed by atoms with Crippen molar-refractivity contribution >= 4 is 11.8 Å². The fraction of sp³-hybridized carbons (Fsp3) is 0.111. The topological polar surface area (TPSA) is 29.4 Å². The summed E-state index contributed by atoms with van der Waals surface area (Å²) in [5, 5.41) is 2.49. The molecule has 74 valence electrons. The summed E-state index contributed by atoms with van der Waals surface area (Å²) in [7, 11) is 0. The zero-order chi connectivity index (χ0) is 10.8. The average Bonchev–Trinajstić information content (AvgIpc) is 2.15. The summed E-state index contributed by atoms with van der Waals surface area (Å²) in [5.41, 5.74) is -0.861. The summed E-state index contributed by atoms with van der Waals surface area (Å²) < 4.78 is 36.5. The van der Waals surface area contributed by atoms with Crippen LogP contribution in [0.4, 0.5) is 18.9 Å². The van der Waals surface area contributed by atoms with Crippen molar-refractivity contribution in [2.45, 2.75) is 6.18 Å². The Morgan fingerprint density at radius 3 is 2.43 bits per heavy atom. The number of nitrogens with zero attached hydrogens (tertiary/aromatic N) is 1. The van der Waals surface area contributed by atoms with Crippen molar-refractivity contribution in [2.24, 2.45) is 5.18 Å². The van der Waals surface area contributed by atoms with E-state index in [9.17, 15) is 18.1 Å². The van der Waals surface area contributed by atoms with E-state index in [0.717, 1.165) is 12.1 Å². The molecule has 0 saturated carbocycles. The summed E-state index contributed by atoms with van der Waals surface area (Å²) >= 11 is 0. The Kier molecular flexibility index (Phi) is 2.69. The van der Waals surface area contributed by atoms with E-state index in [4.69, 9.17) is 0 Å². The fourth-order valence-corrected chi connectivity index (χ4v) is 0.972. The highest BCUT2D eigenvalue weighted by molar-refractivity contribution is 5.63. The highest BCUT2D eigenvalue weighted by Crippen LogP contribution is 2.33. The fourth-order valence-electron chi connectivity index (χ4n) is 0.972. The van der Waals surface area contributed by atoms with Gasteiger partial charge in [0.1, 0.15) is 5.69 Å². The van der Waals surface area contributed by atoms with Crippen LogP contribution in [0.2, 0.25) is 0 Å². The smallest absolute Gasteiger partial charge is 0.166 e. The van der Waals surface area contributed by atoms with Gasteiger partial charge in [0.25, 0.3) is 0 Å². The lowest BCUT2D eigenvalue weighted by Crippen LogP contribution is -2.04. The van der Waals surface area contributed by atoms with Gasteiger partial charge in [0.2, 0.25) is 0 Å². The summed E-state index contributed by atoms with van der Waals surface area (Å²) in [5.74, 6) is 0. The lowest BCUT2D eigenvalue weighted by Gasteiger charge is -2.07. The normalized spacial score (nSPS) is 11.1. The van der Waals surface area contributed by atoms with Crippen LogP contribution < -0.4 is 0 Å². The van der Waals surface area contributed by atoms with Gasteiger partial charge in [-0.15, -0.1) is 4.91 Å². The maximum atomic E-state index is 12.2. The largest absolute Gasteiger partial charge is 0.416 e. The molecule has 0 heterocycles. The van der Waals surface area contributed by atoms with E-state index >= 15 is 0 Å². The Bertz CT molecular complexity index is 371. The molecule has 0 spiro atoms. The van der Waals surface area contributed by atoms with Crippen LogP contribution in [0.15, 0.2) is 30.0 Å². The van der Waals surface area contributed by atoms with Crippen molar-refractivity contribution < 1.29 is 13.2 Å². The first kappa shape index (κ1) is 10.4. The molecule has 0 aliphatic heterocycles. The number of benzene rings is 1. The molecule has 0 aliphatic rings. The van der Waals surface area contributed by atoms with Gasteiger partial charge in [0.15, 0.2) is 0 Å². The molecule has 1 aromatic carbocycles. The first-order chi connectivity index (χ1) is 6.49. The van der Waals surface area contributed by atoms with Gasteiger partial charge in [-0.3, -0.25) is 0 Å². The highest BCUT2D eigenvalue weighted by Gasteiger charge is 2.30. The van der Waals surface area contributed by atoms with E-state index in [0.29, 0.717) is 6.07 Å². The third kappa shape index (κ3) is 1.99. The summed E-state index contributed by atoms with van der Waals surface area (Å²) in [6.45, 7) is 3.35. The molecule has 14 heavy (non-hydrogen) atoms. The molecule has 0 N–H and O–H groups in total. The number of hydrogen-bond acceptors (Lipinski definition) is 2. The van der Waals surface area contributed by atoms with Crippen molar-refractivity contribution in [3.63, 3.8) is 0 Å². The van der Waals surface area contributed by atoms with Crippen molar-refractivity contribution in [3.8, 4) is 0 Å². The standard InChI is InChI=1S/C9H6F3NO/c1-2-6-3-4-7(9(10,11)12)5-8(6)13-14/h2-5H,1H2. The van der Waals surface area contributed by atoms with E-state index in [1.54, 1.807) is 0 Å². The maximum absolute atomic E-state index is 12.2. The summed E-state index contributed by atoms with van der Waals surface area (Å²) in [6.07, 6.45) is -3.18. The maximum Gasteiger partial charge on any atom is 0.416 e. The molecule has 0 unspecified atom stereocenters. The minimum Gasteiger partial charge on any atom is -0.166 e. The predicted molar refractivity (Wildman–Crippen MR) is 47.0 cm³/mol. The monoisotopic (exact) mass is 201 g/mol.